The summed E-state index contributed by atoms with van der Waals surface area (Å²) in [7, 11) is -0.901. The van der Waals surface area contributed by atoms with Gasteiger partial charge >= 0.3 is 0 Å². The van der Waals surface area contributed by atoms with Gasteiger partial charge in [0.05, 0.1) is 11.1 Å². The van der Waals surface area contributed by atoms with Gasteiger partial charge in [-0.1, -0.05) is 11.6 Å². The van der Waals surface area contributed by atoms with Crippen LogP contribution in [0.2, 0.25) is 0 Å². The fraction of sp³-hybridized carbons (Fsp3) is 0.333. The Kier molecular flexibility index (Phi) is 4.49. The van der Waals surface area contributed by atoms with Gasteiger partial charge in [0.25, 0.3) is 5.91 Å². The normalized spacial score (nSPS) is 12.3. The molecule has 2 rings (SSSR count). The summed E-state index contributed by atoms with van der Waals surface area (Å²) < 4.78 is 11.0. The van der Waals surface area contributed by atoms with Gasteiger partial charge in [0.2, 0.25) is 0 Å². The molecule has 1 N–H and O–H groups in total. The lowest BCUT2D eigenvalue weighted by molar-refractivity contribution is 0.0957. The fourth-order valence-electron chi connectivity index (χ4n) is 2.06. The van der Waals surface area contributed by atoms with E-state index in [1.165, 1.54) is 0 Å². The molecule has 0 aliphatic carbocycles. The maximum absolute atomic E-state index is 12.3. The molecule has 106 valence electrons. The number of amides is 1. The monoisotopic (exact) mass is 290 g/mol. The number of pyridine rings is 1. The summed E-state index contributed by atoms with van der Waals surface area (Å²) in [6.07, 6.45) is 1.63. The molecule has 1 aromatic heterocycles. The van der Waals surface area contributed by atoms with Crippen LogP contribution in [-0.2, 0) is 10.8 Å². The van der Waals surface area contributed by atoms with Crippen LogP contribution >= 0.6 is 0 Å². The average Bonchev–Trinajstić information content (AvgIpc) is 2.37. The first-order chi connectivity index (χ1) is 9.47. The number of rotatable bonds is 4. The molecule has 1 amide bonds. The summed E-state index contributed by atoms with van der Waals surface area (Å²) in [6, 6.07) is 7.67. The van der Waals surface area contributed by atoms with Crippen molar-refractivity contribution in [1.29, 1.82) is 0 Å². The SMILES string of the molecule is Cc1ccc2nc(C)cc(C(=O)NCC[S@@](C)=O)c2c1. The Morgan fingerprint density at radius 3 is 2.75 bits per heavy atom. The molecule has 5 heteroatoms. The summed E-state index contributed by atoms with van der Waals surface area (Å²) in [4.78, 5) is 16.7. The van der Waals surface area contributed by atoms with Crippen molar-refractivity contribution in [1.82, 2.24) is 10.3 Å². The van der Waals surface area contributed by atoms with Crippen LogP contribution in [0.5, 0.6) is 0 Å². The molecule has 0 aliphatic rings. The second-order valence-corrected chi connectivity index (χ2v) is 6.42. The molecule has 1 atom stereocenters. The Balaban J connectivity index is 2.34. The van der Waals surface area contributed by atoms with Gasteiger partial charge < -0.3 is 5.32 Å². The Labute approximate surface area is 121 Å². The molecule has 0 spiro atoms. The van der Waals surface area contributed by atoms with E-state index in [2.05, 4.69) is 10.3 Å². The van der Waals surface area contributed by atoms with Crippen molar-refractivity contribution in [3.63, 3.8) is 0 Å². The summed E-state index contributed by atoms with van der Waals surface area (Å²) >= 11 is 0. The summed E-state index contributed by atoms with van der Waals surface area (Å²) in [5.41, 5.74) is 3.34. The van der Waals surface area contributed by atoms with Crippen LogP contribution in [0.1, 0.15) is 21.6 Å². The van der Waals surface area contributed by atoms with Crippen LogP contribution in [0.3, 0.4) is 0 Å². The first-order valence-electron chi connectivity index (χ1n) is 6.43. The Morgan fingerprint density at radius 1 is 1.30 bits per heavy atom. The molecule has 0 fully saturated rings. The molecule has 20 heavy (non-hydrogen) atoms. The Hall–Kier alpha value is -1.75. The van der Waals surface area contributed by atoms with Crippen molar-refractivity contribution in [3.8, 4) is 0 Å². The minimum Gasteiger partial charge on any atom is -0.351 e. The highest BCUT2D eigenvalue weighted by Crippen LogP contribution is 2.19. The summed E-state index contributed by atoms with van der Waals surface area (Å²) in [5.74, 6) is 0.323. The zero-order valence-electron chi connectivity index (χ0n) is 11.9. The minimum atomic E-state index is -0.901. The molecule has 0 saturated carbocycles. The summed E-state index contributed by atoms with van der Waals surface area (Å²) in [6.45, 7) is 4.27. The lowest BCUT2D eigenvalue weighted by Gasteiger charge is -2.09. The largest absolute Gasteiger partial charge is 0.351 e. The van der Waals surface area contributed by atoms with E-state index in [0.29, 0.717) is 17.9 Å². The smallest absolute Gasteiger partial charge is 0.252 e. The molecular weight excluding hydrogens is 272 g/mol. The van der Waals surface area contributed by atoms with Gasteiger partial charge in [-0.15, -0.1) is 0 Å². The van der Waals surface area contributed by atoms with E-state index in [9.17, 15) is 9.00 Å². The fourth-order valence-corrected chi connectivity index (χ4v) is 2.45. The van der Waals surface area contributed by atoms with Gasteiger partial charge in [-0.05, 0) is 32.0 Å². The number of fused-ring (bicyclic) bond motifs is 1. The van der Waals surface area contributed by atoms with Crippen LogP contribution < -0.4 is 5.32 Å². The predicted molar refractivity (Wildman–Crippen MR) is 82.5 cm³/mol. The molecule has 4 nitrogen and oxygen atoms in total. The number of benzene rings is 1. The highest BCUT2D eigenvalue weighted by molar-refractivity contribution is 7.84. The maximum Gasteiger partial charge on any atom is 0.252 e. The van der Waals surface area contributed by atoms with Crippen molar-refractivity contribution in [2.24, 2.45) is 0 Å². The molecule has 0 unspecified atom stereocenters. The third-order valence-electron chi connectivity index (χ3n) is 3.01. The van der Waals surface area contributed by atoms with E-state index < -0.39 is 10.8 Å². The topological polar surface area (TPSA) is 59.1 Å². The lowest BCUT2D eigenvalue weighted by atomic mass is 10.0. The first kappa shape index (κ1) is 14.7. The maximum atomic E-state index is 12.3. The van der Waals surface area contributed by atoms with Crippen LogP contribution in [0, 0.1) is 13.8 Å². The van der Waals surface area contributed by atoms with Crippen LogP contribution in [0.25, 0.3) is 10.9 Å². The van der Waals surface area contributed by atoms with Gasteiger partial charge in [-0.3, -0.25) is 14.0 Å². The average molecular weight is 290 g/mol. The van der Waals surface area contributed by atoms with Gasteiger partial charge in [0.15, 0.2) is 0 Å². The van der Waals surface area contributed by atoms with Crippen molar-refractivity contribution in [2.45, 2.75) is 13.8 Å². The van der Waals surface area contributed by atoms with Gasteiger partial charge in [-0.25, -0.2) is 0 Å². The first-order valence-corrected chi connectivity index (χ1v) is 8.16. The van der Waals surface area contributed by atoms with Crippen molar-refractivity contribution in [3.05, 3.63) is 41.1 Å². The molecular formula is C15H18N2O2S. The third kappa shape index (κ3) is 3.42. The van der Waals surface area contributed by atoms with Crippen molar-refractivity contribution in [2.75, 3.05) is 18.6 Å². The van der Waals surface area contributed by atoms with Gasteiger partial charge in [0.1, 0.15) is 0 Å². The number of carbonyl (C=O) groups is 1. The molecule has 0 bridgehead atoms. The van der Waals surface area contributed by atoms with E-state index in [1.54, 1.807) is 12.3 Å². The van der Waals surface area contributed by atoms with E-state index in [0.717, 1.165) is 22.2 Å². The third-order valence-corrected chi connectivity index (χ3v) is 3.79. The van der Waals surface area contributed by atoms with Crippen LogP contribution in [0.4, 0.5) is 0 Å². The number of nitrogens with one attached hydrogen (secondary N) is 1. The second kappa shape index (κ2) is 6.13. The van der Waals surface area contributed by atoms with Crippen LogP contribution in [-0.4, -0.2) is 33.7 Å². The number of aryl methyl sites for hydroxylation is 2. The molecule has 1 heterocycles. The quantitative estimate of drug-likeness (QED) is 0.936. The van der Waals surface area contributed by atoms with E-state index >= 15 is 0 Å². The number of carbonyl (C=O) groups excluding carboxylic acids is 1. The number of nitrogens with zero attached hydrogens (tertiary/aromatic N) is 1. The van der Waals surface area contributed by atoms with E-state index in [4.69, 9.17) is 0 Å². The highest BCUT2D eigenvalue weighted by Gasteiger charge is 2.12. The number of hydrogen-bond donors (Lipinski definition) is 1. The number of hydrogen-bond acceptors (Lipinski definition) is 3. The second-order valence-electron chi connectivity index (χ2n) is 4.87. The standard InChI is InChI=1S/C15H18N2O2S/c1-10-4-5-14-12(8-10)13(9-11(2)17-14)15(18)16-6-7-20(3)19/h4-5,8-9H,6-7H2,1-3H3,(H,16,18)/t20-/m1/s1. The van der Waals surface area contributed by atoms with Crippen molar-refractivity contribution >= 4 is 27.6 Å². The molecule has 2 aromatic rings. The zero-order valence-corrected chi connectivity index (χ0v) is 12.7. The minimum absolute atomic E-state index is 0.142. The summed E-state index contributed by atoms with van der Waals surface area (Å²) in [5, 5.41) is 3.66. The number of aromatic nitrogens is 1. The predicted octanol–water partition coefficient (Wildman–Crippen LogP) is 1.96. The van der Waals surface area contributed by atoms with E-state index in [-0.39, 0.29) is 5.91 Å². The van der Waals surface area contributed by atoms with Gasteiger partial charge in [0, 0.05) is 40.4 Å². The van der Waals surface area contributed by atoms with Crippen LogP contribution in [0.15, 0.2) is 24.3 Å². The Morgan fingerprint density at radius 2 is 2.05 bits per heavy atom. The molecule has 0 aliphatic heterocycles. The Bertz CT molecular complexity index is 683. The lowest BCUT2D eigenvalue weighted by Crippen LogP contribution is -2.27. The molecule has 1 aromatic carbocycles. The molecule has 0 radical (unpaired) electrons. The zero-order chi connectivity index (χ0) is 14.7. The van der Waals surface area contributed by atoms with E-state index in [1.807, 2.05) is 32.0 Å². The van der Waals surface area contributed by atoms with Crippen molar-refractivity contribution < 1.29 is 9.00 Å². The van der Waals surface area contributed by atoms with Gasteiger partial charge in [-0.2, -0.15) is 0 Å². The highest BCUT2D eigenvalue weighted by atomic mass is 32.2. The molecule has 0 saturated heterocycles.